The van der Waals surface area contributed by atoms with Gasteiger partial charge in [0.1, 0.15) is 0 Å². The average molecular weight is 359 g/mol. The van der Waals surface area contributed by atoms with Crippen molar-refractivity contribution in [3.05, 3.63) is 94.8 Å². The highest BCUT2D eigenvalue weighted by Gasteiger charge is 2.13. The lowest BCUT2D eigenvalue weighted by Gasteiger charge is -2.11. The topological polar surface area (TPSA) is 71.1 Å². The Balaban J connectivity index is 1.70. The highest BCUT2D eigenvalue weighted by Crippen LogP contribution is 2.19. The molecule has 1 aromatic heterocycles. The van der Waals surface area contributed by atoms with Gasteiger partial charge in [-0.15, -0.1) is 0 Å². The summed E-state index contributed by atoms with van der Waals surface area (Å²) >= 11 is 0. The summed E-state index contributed by atoms with van der Waals surface area (Å²) in [5, 5.41) is 5.72. The van der Waals surface area contributed by atoms with Crippen molar-refractivity contribution >= 4 is 17.5 Å². The molecule has 2 N–H and O–H groups in total. The molecule has 0 saturated carbocycles. The molecule has 5 nitrogen and oxygen atoms in total. The van der Waals surface area contributed by atoms with Gasteiger partial charge >= 0.3 is 0 Å². The van der Waals surface area contributed by atoms with Crippen molar-refractivity contribution in [1.82, 2.24) is 10.3 Å². The second-order valence-corrected chi connectivity index (χ2v) is 6.33. The van der Waals surface area contributed by atoms with Crippen molar-refractivity contribution in [3.8, 4) is 0 Å². The lowest BCUT2D eigenvalue weighted by atomic mass is 10.1. The molecule has 1 heterocycles. The minimum atomic E-state index is -0.297. The number of carbonyl (C=O) groups excluding carboxylic acids is 2. The number of hydrogen-bond donors (Lipinski definition) is 2. The van der Waals surface area contributed by atoms with Crippen molar-refractivity contribution in [2.75, 3.05) is 5.32 Å². The van der Waals surface area contributed by atoms with Gasteiger partial charge in [0.25, 0.3) is 11.8 Å². The number of carbonyl (C=O) groups is 2. The fourth-order valence-corrected chi connectivity index (χ4v) is 2.65. The SMILES string of the molecule is Cc1cccc(NC(=O)c2cncc(C(=O)NCc3ccccc3)c2)c1C. The van der Waals surface area contributed by atoms with E-state index in [1.165, 1.54) is 12.4 Å². The normalized spacial score (nSPS) is 10.3. The van der Waals surface area contributed by atoms with E-state index in [0.717, 1.165) is 22.4 Å². The smallest absolute Gasteiger partial charge is 0.257 e. The molecule has 136 valence electrons. The number of hydrogen-bond acceptors (Lipinski definition) is 3. The first kappa shape index (κ1) is 18.3. The second kappa shape index (κ2) is 8.27. The van der Waals surface area contributed by atoms with Crippen molar-refractivity contribution in [3.63, 3.8) is 0 Å². The molecular formula is C22H21N3O2. The molecule has 0 fully saturated rings. The Morgan fingerprint density at radius 2 is 1.59 bits per heavy atom. The number of pyridine rings is 1. The molecular weight excluding hydrogens is 338 g/mol. The van der Waals surface area contributed by atoms with Crippen LogP contribution in [-0.2, 0) is 6.54 Å². The summed E-state index contributed by atoms with van der Waals surface area (Å²) in [6.07, 6.45) is 2.91. The van der Waals surface area contributed by atoms with Gasteiger partial charge in [-0.3, -0.25) is 14.6 Å². The largest absolute Gasteiger partial charge is 0.348 e. The van der Waals surface area contributed by atoms with Crippen LogP contribution < -0.4 is 10.6 Å². The minimum Gasteiger partial charge on any atom is -0.348 e. The van der Waals surface area contributed by atoms with Crippen LogP contribution in [0.3, 0.4) is 0 Å². The van der Waals surface area contributed by atoms with E-state index in [1.54, 1.807) is 6.07 Å². The Kier molecular flexibility index (Phi) is 5.61. The molecule has 3 rings (SSSR count). The maximum Gasteiger partial charge on any atom is 0.257 e. The Morgan fingerprint density at radius 3 is 2.33 bits per heavy atom. The Labute approximate surface area is 158 Å². The number of nitrogens with one attached hydrogen (secondary N) is 2. The number of anilines is 1. The molecule has 2 aromatic carbocycles. The van der Waals surface area contributed by atoms with Crippen LogP contribution in [0.5, 0.6) is 0 Å². The van der Waals surface area contributed by atoms with Crippen LogP contribution in [0, 0.1) is 13.8 Å². The van der Waals surface area contributed by atoms with Crippen LogP contribution in [0.4, 0.5) is 5.69 Å². The molecule has 0 aliphatic rings. The minimum absolute atomic E-state index is 0.271. The third-order valence-electron chi connectivity index (χ3n) is 4.41. The average Bonchev–Trinajstić information content (AvgIpc) is 2.70. The van der Waals surface area contributed by atoms with E-state index in [9.17, 15) is 9.59 Å². The van der Waals surface area contributed by atoms with Gasteiger partial charge in [0.2, 0.25) is 0 Å². The van der Waals surface area contributed by atoms with Crippen molar-refractivity contribution < 1.29 is 9.59 Å². The molecule has 5 heteroatoms. The number of rotatable bonds is 5. The van der Waals surface area contributed by atoms with Gasteiger partial charge < -0.3 is 10.6 Å². The number of aromatic nitrogens is 1. The standard InChI is InChI=1S/C22H21N3O2/c1-15-7-6-10-20(16(15)2)25-22(27)19-11-18(13-23-14-19)21(26)24-12-17-8-4-3-5-9-17/h3-11,13-14H,12H2,1-2H3,(H,24,26)(H,25,27). The lowest BCUT2D eigenvalue weighted by molar-refractivity contribution is 0.0950. The first-order chi connectivity index (χ1) is 13.0. The van der Waals surface area contributed by atoms with E-state index < -0.39 is 0 Å². The summed E-state index contributed by atoms with van der Waals surface area (Å²) in [5.41, 5.74) is 4.54. The second-order valence-electron chi connectivity index (χ2n) is 6.33. The zero-order valence-corrected chi connectivity index (χ0v) is 15.3. The van der Waals surface area contributed by atoms with Crippen molar-refractivity contribution in [2.24, 2.45) is 0 Å². The molecule has 0 atom stereocenters. The van der Waals surface area contributed by atoms with Crippen LogP contribution in [-0.4, -0.2) is 16.8 Å². The molecule has 3 aromatic rings. The van der Waals surface area contributed by atoms with Gasteiger partial charge in [0.15, 0.2) is 0 Å². The lowest BCUT2D eigenvalue weighted by Crippen LogP contribution is -2.23. The highest BCUT2D eigenvalue weighted by molar-refractivity contribution is 6.06. The van der Waals surface area contributed by atoms with Crippen LogP contribution >= 0.6 is 0 Å². The third-order valence-corrected chi connectivity index (χ3v) is 4.41. The van der Waals surface area contributed by atoms with E-state index in [4.69, 9.17) is 0 Å². The summed E-state index contributed by atoms with van der Waals surface area (Å²) in [7, 11) is 0. The molecule has 0 radical (unpaired) electrons. The predicted molar refractivity (Wildman–Crippen MR) is 106 cm³/mol. The van der Waals surface area contributed by atoms with E-state index in [2.05, 4.69) is 15.6 Å². The highest BCUT2D eigenvalue weighted by atomic mass is 16.2. The van der Waals surface area contributed by atoms with Crippen LogP contribution in [0.1, 0.15) is 37.4 Å². The predicted octanol–water partition coefficient (Wildman–Crippen LogP) is 3.88. The van der Waals surface area contributed by atoms with Gasteiger partial charge in [0.05, 0.1) is 11.1 Å². The fourth-order valence-electron chi connectivity index (χ4n) is 2.65. The molecule has 27 heavy (non-hydrogen) atoms. The monoisotopic (exact) mass is 359 g/mol. The molecule has 0 bridgehead atoms. The van der Waals surface area contributed by atoms with Crippen LogP contribution in [0.2, 0.25) is 0 Å². The fraction of sp³-hybridized carbons (Fsp3) is 0.136. The molecule has 0 spiro atoms. The molecule has 0 saturated heterocycles. The van der Waals surface area contributed by atoms with Crippen LogP contribution in [0.25, 0.3) is 0 Å². The van der Waals surface area contributed by atoms with E-state index in [1.807, 2.05) is 62.4 Å². The Morgan fingerprint density at radius 1 is 0.889 bits per heavy atom. The number of amides is 2. The summed E-state index contributed by atoms with van der Waals surface area (Å²) < 4.78 is 0. The van der Waals surface area contributed by atoms with Gasteiger partial charge in [0, 0.05) is 24.6 Å². The third kappa shape index (κ3) is 4.58. The number of aryl methyl sites for hydroxylation is 1. The first-order valence-corrected chi connectivity index (χ1v) is 8.69. The number of nitrogens with zero attached hydrogens (tertiary/aromatic N) is 1. The van der Waals surface area contributed by atoms with E-state index in [-0.39, 0.29) is 11.8 Å². The summed E-state index contributed by atoms with van der Waals surface area (Å²) in [6.45, 7) is 4.36. The molecule has 0 aliphatic heterocycles. The summed E-state index contributed by atoms with van der Waals surface area (Å²) in [4.78, 5) is 29.0. The molecule has 0 unspecified atom stereocenters. The Bertz CT molecular complexity index is 968. The van der Waals surface area contributed by atoms with E-state index in [0.29, 0.717) is 17.7 Å². The van der Waals surface area contributed by atoms with Gasteiger partial charge in [-0.1, -0.05) is 42.5 Å². The van der Waals surface area contributed by atoms with Gasteiger partial charge in [-0.05, 0) is 42.7 Å². The molecule has 0 aliphatic carbocycles. The summed E-state index contributed by atoms with van der Waals surface area (Å²) in [5.74, 6) is -0.568. The first-order valence-electron chi connectivity index (χ1n) is 8.69. The zero-order chi connectivity index (χ0) is 19.2. The number of benzene rings is 2. The molecule has 2 amide bonds. The maximum atomic E-state index is 12.5. The van der Waals surface area contributed by atoms with Crippen molar-refractivity contribution in [2.45, 2.75) is 20.4 Å². The van der Waals surface area contributed by atoms with Crippen molar-refractivity contribution in [1.29, 1.82) is 0 Å². The van der Waals surface area contributed by atoms with E-state index >= 15 is 0 Å². The maximum absolute atomic E-state index is 12.5. The van der Waals surface area contributed by atoms with Gasteiger partial charge in [-0.25, -0.2) is 0 Å². The quantitative estimate of drug-likeness (QED) is 0.726. The Hall–Kier alpha value is -3.47. The summed E-state index contributed by atoms with van der Waals surface area (Å²) in [6, 6.07) is 16.9. The van der Waals surface area contributed by atoms with Gasteiger partial charge in [-0.2, -0.15) is 0 Å². The van der Waals surface area contributed by atoms with Crippen LogP contribution in [0.15, 0.2) is 67.0 Å². The zero-order valence-electron chi connectivity index (χ0n) is 15.3.